The second kappa shape index (κ2) is 10.7. The highest BCUT2D eigenvalue weighted by atomic mass is 35.5. The van der Waals surface area contributed by atoms with Crippen molar-refractivity contribution < 1.29 is 13.2 Å². The summed E-state index contributed by atoms with van der Waals surface area (Å²) in [5, 5.41) is 3.06. The topological polar surface area (TPSA) is 22.3 Å². The molecule has 3 nitrogen and oxygen atoms in total. The standard InChI is InChI=1S/C33H29ClF3N3/c1-22-30(21-39-16-18-40(19-17-39)27-9-5-8-25(20-27)33(35,36)37)31(32(38-22)24-12-14-26(34)15-13-24)29-11-4-7-23-6-2-3-10-28(23)29/h2-15,20,38H,16-19,21H2,1H3. The van der Waals surface area contributed by atoms with Gasteiger partial charge in [0.25, 0.3) is 0 Å². The minimum Gasteiger partial charge on any atom is -0.369 e. The summed E-state index contributed by atoms with van der Waals surface area (Å²) >= 11 is 6.21. The second-order valence-corrected chi connectivity index (χ2v) is 10.8. The number of alkyl halides is 3. The first-order valence-electron chi connectivity index (χ1n) is 13.4. The monoisotopic (exact) mass is 559 g/mol. The van der Waals surface area contributed by atoms with Gasteiger partial charge in [-0.2, -0.15) is 13.2 Å². The van der Waals surface area contributed by atoms with Crippen LogP contribution in [0.5, 0.6) is 0 Å². The van der Waals surface area contributed by atoms with Crippen LogP contribution in [0, 0.1) is 6.92 Å². The van der Waals surface area contributed by atoms with Crippen LogP contribution in [0.2, 0.25) is 5.02 Å². The van der Waals surface area contributed by atoms with Crippen LogP contribution in [-0.2, 0) is 12.7 Å². The third-order valence-corrected chi connectivity index (χ3v) is 8.05. The van der Waals surface area contributed by atoms with E-state index >= 15 is 0 Å². The van der Waals surface area contributed by atoms with Crippen molar-refractivity contribution in [3.05, 3.63) is 113 Å². The summed E-state index contributed by atoms with van der Waals surface area (Å²) in [4.78, 5) is 8.10. The van der Waals surface area contributed by atoms with Gasteiger partial charge in [-0.15, -0.1) is 0 Å². The molecule has 1 saturated heterocycles. The van der Waals surface area contributed by atoms with Crippen molar-refractivity contribution in [1.29, 1.82) is 0 Å². The number of fused-ring (bicyclic) bond motifs is 1. The smallest absolute Gasteiger partial charge is 0.369 e. The molecule has 5 aromatic rings. The first-order chi connectivity index (χ1) is 19.3. The molecule has 0 unspecified atom stereocenters. The van der Waals surface area contributed by atoms with Gasteiger partial charge in [-0.05, 0) is 64.7 Å². The molecule has 1 aliphatic rings. The molecule has 1 fully saturated rings. The van der Waals surface area contributed by atoms with Gasteiger partial charge in [-0.3, -0.25) is 4.90 Å². The zero-order valence-corrected chi connectivity index (χ0v) is 22.9. The molecule has 1 N–H and O–H groups in total. The summed E-state index contributed by atoms with van der Waals surface area (Å²) in [7, 11) is 0. The average Bonchev–Trinajstić information content (AvgIpc) is 3.28. The summed E-state index contributed by atoms with van der Waals surface area (Å²) in [5.74, 6) is 0. The highest BCUT2D eigenvalue weighted by Gasteiger charge is 2.31. The fourth-order valence-electron chi connectivity index (χ4n) is 5.70. The van der Waals surface area contributed by atoms with E-state index in [0.29, 0.717) is 23.8 Å². The largest absolute Gasteiger partial charge is 0.416 e. The number of nitrogens with one attached hydrogen (secondary N) is 1. The van der Waals surface area contributed by atoms with Crippen molar-refractivity contribution >= 4 is 28.1 Å². The minimum atomic E-state index is -4.34. The number of hydrogen-bond donors (Lipinski definition) is 1. The summed E-state index contributed by atoms with van der Waals surface area (Å²) in [5.41, 5.74) is 6.82. The number of anilines is 1. The Kier molecular flexibility index (Phi) is 7.07. The third kappa shape index (κ3) is 5.21. The molecule has 2 heterocycles. The number of nitrogens with zero attached hydrogens (tertiary/aromatic N) is 2. The molecule has 0 radical (unpaired) electrons. The van der Waals surface area contributed by atoms with Crippen LogP contribution < -0.4 is 4.90 Å². The van der Waals surface area contributed by atoms with Gasteiger partial charge in [0, 0.05) is 54.7 Å². The molecule has 1 aliphatic heterocycles. The second-order valence-electron chi connectivity index (χ2n) is 10.3. The number of aryl methyl sites for hydroxylation is 1. The SMILES string of the molecule is Cc1[nH]c(-c2ccc(Cl)cc2)c(-c2cccc3ccccc23)c1CN1CCN(c2cccc(C(F)(F)F)c2)CC1. The molecule has 40 heavy (non-hydrogen) atoms. The van der Waals surface area contributed by atoms with Gasteiger partial charge in [-0.1, -0.05) is 72.3 Å². The highest BCUT2D eigenvalue weighted by molar-refractivity contribution is 6.30. The van der Waals surface area contributed by atoms with E-state index in [0.717, 1.165) is 42.7 Å². The number of piperazine rings is 1. The third-order valence-electron chi connectivity index (χ3n) is 7.80. The predicted molar refractivity (Wildman–Crippen MR) is 158 cm³/mol. The Morgan fingerprint density at radius 1 is 0.825 bits per heavy atom. The van der Waals surface area contributed by atoms with Gasteiger partial charge in [0.1, 0.15) is 0 Å². The summed E-state index contributed by atoms with van der Waals surface area (Å²) in [6.07, 6.45) is -4.34. The van der Waals surface area contributed by atoms with Crippen molar-refractivity contribution in [3.63, 3.8) is 0 Å². The Hall–Kier alpha value is -3.74. The number of aromatic amines is 1. The first-order valence-corrected chi connectivity index (χ1v) is 13.8. The molecule has 7 heteroatoms. The van der Waals surface area contributed by atoms with E-state index in [9.17, 15) is 13.2 Å². The van der Waals surface area contributed by atoms with E-state index in [-0.39, 0.29) is 0 Å². The zero-order chi connectivity index (χ0) is 27.9. The molecule has 0 saturated carbocycles. The molecule has 1 aromatic heterocycles. The fourth-order valence-corrected chi connectivity index (χ4v) is 5.83. The molecular formula is C33H29ClF3N3. The lowest BCUT2D eigenvalue weighted by Crippen LogP contribution is -2.46. The first kappa shape index (κ1) is 26.5. The minimum absolute atomic E-state index is 0.607. The van der Waals surface area contributed by atoms with Gasteiger partial charge in [0.05, 0.1) is 11.3 Å². The van der Waals surface area contributed by atoms with Crippen molar-refractivity contribution in [1.82, 2.24) is 9.88 Å². The number of benzene rings is 4. The molecule has 6 rings (SSSR count). The van der Waals surface area contributed by atoms with E-state index in [2.05, 4.69) is 59.3 Å². The van der Waals surface area contributed by atoms with E-state index < -0.39 is 11.7 Å². The Balaban J connectivity index is 1.33. The zero-order valence-electron chi connectivity index (χ0n) is 22.1. The maximum Gasteiger partial charge on any atom is 0.416 e. The number of hydrogen-bond acceptors (Lipinski definition) is 2. The van der Waals surface area contributed by atoms with E-state index in [1.165, 1.54) is 39.6 Å². The molecule has 204 valence electrons. The molecule has 0 spiro atoms. The van der Waals surface area contributed by atoms with Crippen molar-refractivity contribution in [2.75, 3.05) is 31.1 Å². The number of halogens is 4. The van der Waals surface area contributed by atoms with Gasteiger partial charge >= 0.3 is 6.18 Å². The van der Waals surface area contributed by atoms with Gasteiger partial charge in [0.2, 0.25) is 0 Å². The number of H-pyrrole nitrogens is 1. The van der Waals surface area contributed by atoms with Crippen LogP contribution in [0.25, 0.3) is 33.2 Å². The molecule has 4 aromatic carbocycles. The van der Waals surface area contributed by atoms with Crippen LogP contribution in [0.3, 0.4) is 0 Å². The van der Waals surface area contributed by atoms with Crippen molar-refractivity contribution in [2.45, 2.75) is 19.6 Å². The van der Waals surface area contributed by atoms with Gasteiger partial charge in [-0.25, -0.2) is 0 Å². The maximum atomic E-state index is 13.3. The Bertz CT molecular complexity index is 1640. The van der Waals surface area contributed by atoms with E-state index in [1.807, 2.05) is 29.2 Å². The summed E-state index contributed by atoms with van der Waals surface area (Å²) < 4.78 is 39.8. The van der Waals surface area contributed by atoms with E-state index in [4.69, 9.17) is 11.6 Å². The summed E-state index contributed by atoms with van der Waals surface area (Å²) in [6.45, 7) is 5.70. The lowest BCUT2D eigenvalue weighted by Gasteiger charge is -2.36. The molecule has 0 bridgehead atoms. The van der Waals surface area contributed by atoms with Crippen LogP contribution >= 0.6 is 11.6 Å². The Labute approximate surface area is 236 Å². The number of rotatable bonds is 5. The van der Waals surface area contributed by atoms with Crippen molar-refractivity contribution in [3.8, 4) is 22.4 Å². The quantitative estimate of drug-likeness (QED) is 0.232. The molecular weight excluding hydrogens is 531 g/mol. The maximum absolute atomic E-state index is 13.3. The average molecular weight is 560 g/mol. The lowest BCUT2D eigenvalue weighted by atomic mass is 9.92. The van der Waals surface area contributed by atoms with Crippen LogP contribution in [-0.4, -0.2) is 36.1 Å². The van der Waals surface area contributed by atoms with Crippen molar-refractivity contribution in [2.24, 2.45) is 0 Å². The van der Waals surface area contributed by atoms with Crippen LogP contribution in [0.15, 0.2) is 91.0 Å². The predicted octanol–water partition coefficient (Wildman–Crippen LogP) is 8.80. The molecule has 0 amide bonds. The number of aromatic nitrogens is 1. The van der Waals surface area contributed by atoms with Gasteiger partial charge in [0.15, 0.2) is 0 Å². The fraction of sp³-hybridized carbons (Fsp3) is 0.212. The van der Waals surface area contributed by atoms with E-state index in [1.54, 1.807) is 6.07 Å². The lowest BCUT2D eigenvalue weighted by molar-refractivity contribution is -0.137. The normalized spacial score (nSPS) is 14.7. The Morgan fingerprint density at radius 2 is 1.52 bits per heavy atom. The van der Waals surface area contributed by atoms with Crippen LogP contribution in [0.1, 0.15) is 16.8 Å². The highest BCUT2D eigenvalue weighted by Crippen LogP contribution is 2.41. The molecule has 0 aliphatic carbocycles. The van der Waals surface area contributed by atoms with Gasteiger partial charge < -0.3 is 9.88 Å². The van der Waals surface area contributed by atoms with Crippen LogP contribution in [0.4, 0.5) is 18.9 Å². The summed E-state index contributed by atoms with van der Waals surface area (Å²) in [6, 6.07) is 28.4. The molecule has 0 atom stereocenters. The Morgan fingerprint density at radius 3 is 2.27 bits per heavy atom.